The van der Waals surface area contributed by atoms with Gasteiger partial charge in [0.2, 0.25) is 0 Å². The number of ether oxygens (including phenoxy) is 1. The zero-order valence-corrected chi connectivity index (χ0v) is 12.9. The standard InChI is InChI=1S/C18H18N2O3/c1-13(23-18(22)15-9-4-5-11-19-15)17(21)20-12-6-8-14-7-2-3-10-16(14)20/h2-5,7,9-11,13H,6,8,12H2,1H3. The second-order valence-corrected chi connectivity index (χ2v) is 5.48. The van der Waals surface area contributed by atoms with Crippen molar-refractivity contribution in [2.45, 2.75) is 25.9 Å². The molecule has 0 fully saturated rings. The molecule has 0 saturated heterocycles. The number of fused-ring (bicyclic) bond motifs is 1. The molecule has 1 atom stereocenters. The van der Waals surface area contributed by atoms with Gasteiger partial charge in [0, 0.05) is 18.4 Å². The number of carbonyl (C=O) groups is 2. The number of nitrogens with zero attached hydrogens (tertiary/aromatic N) is 2. The molecule has 0 saturated carbocycles. The molecular formula is C18H18N2O3. The van der Waals surface area contributed by atoms with Crippen LogP contribution >= 0.6 is 0 Å². The molecule has 0 N–H and O–H groups in total. The molecular weight excluding hydrogens is 292 g/mol. The molecule has 1 aromatic carbocycles. The molecule has 5 heteroatoms. The summed E-state index contributed by atoms with van der Waals surface area (Å²) >= 11 is 0. The van der Waals surface area contributed by atoms with E-state index in [-0.39, 0.29) is 11.6 Å². The Morgan fingerprint density at radius 3 is 2.74 bits per heavy atom. The Morgan fingerprint density at radius 2 is 1.96 bits per heavy atom. The van der Waals surface area contributed by atoms with Crippen LogP contribution < -0.4 is 4.90 Å². The van der Waals surface area contributed by atoms with Crippen LogP contribution in [0, 0.1) is 0 Å². The van der Waals surface area contributed by atoms with Crippen LogP contribution in [-0.4, -0.2) is 29.5 Å². The van der Waals surface area contributed by atoms with Crippen molar-refractivity contribution in [1.29, 1.82) is 0 Å². The number of hydrogen-bond acceptors (Lipinski definition) is 4. The molecule has 0 spiro atoms. The molecule has 1 aliphatic heterocycles. The van der Waals surface area contributed by atoms with Crippen molar-refractivity contribution in [1.82, 2.24) is 4.98 Å². The lowest BCUT2D eigenvalue weighted by Crippen LogP contribution is -2.42. The summed E-state index contributed by atoms with van der Waals surface area (Å²) in [6, 6.07) is 12.8. The number of esters is 1. The minimum Gasteiger partial charge on any atom is -0.448 e. The lowest BCUT2D eigenvalue weighted by molar-refractivity contribution is -0.126. The van der Waals surface area contributed by atoms with Crippen LogP contribution in [0.2, 0.25) is 0 Å². The van der Waals surface area contributed by atoms with E-state index in [0.717, 1.165) is 24.1 Å². The molecule has 118 valence electrons. The predicted octanol–water partition coefficient (Wildman–Crippen LogP) is 2.61. The summed E-state index contributed by atoms with van der Waals surface area (Å²) in [7, 11) is 0. The maximum absolute atomic E-state index is 12.7. The number of para-hydroxylation sites is 1. The van der Waals surface area contributed by atoms with Crippen molar-refractivity contribution in [2.24, 2.45) is 0 Å². The van der Waals surface area contributed by atoms with Crippen molar-refractivity contribution >= 4 is 17.6 Å². The number of amides is 1. The van der Waals surface area contributed by atoms with Crippen LogP contribution in [0.25, 0.3) is 0 Å². The van der Waals surface area contributed by atoms with Crippen LogP contribution in [0.1, 0.15) is 29.4 Å². The lowest BCUT2D eigenvalue weighted by Gasteiger charge is -2.31. The topological polar surface area (TPSA) is 59.5 Å². The monoisotopic (exact) mass is 310 g/mol. The third-order valence-electron chi connectivity index (χ3n) is 3.88. The maximum Gasteiger partial charge on any atom is 0.357 e. The normalized spacial score (nSPS) is 14.7. The van der Waals surface area contributed by atoms with E-state index in [2.05, 4.69) is 4.98 Å². The van der Waals surface area contributed by atoms with Gasteiger partial charge in [0.05, 0.1) is 0 Å². The predicted molar refractivity (Wildman–Crippen MR) is 86.2 cm³/mol. The van der Waals surface area contributed by atoms with Gasteiger partial charge in [-0.1, -0.05) is 24.3 Å². The molecule has 0 bridgehead atoms. The number of benzene rings is 1. The van der Waals surface area contributed by atoms with Gasteiger partial charge in [-0.05, 0) is 43.5 Å². The molecule has 0 radical (unpaired) electrons. The minimum atomic E-state index is -0.851. The first-order valence-electron chi connectivity index (χ1n) is 7.68. The van der Waals surface area contributed by atoms with E-state index in [0.29, 0.717) is 6.54 Å². The third kappa shape index (κ3) is 3.23. The van der Waals surface area contributed by atoms with Crippen LogP contribution in [0.4, 0.5) is 5.69 Å². The summed E-state index contributed by atoms with van der Waals surface area (Å²) in [5.41, 5.74) is 2.26. The summed E-state index contributed by atoms with van der Waals surface area (Å²) in [6.07, 6.45) is 2.53. The summed E-state index contributed by atoms with van der Waals surface area (Å²) < 4.78 is 5.27. The molecule has 0 aliphatic carbocycles. The van der Waals surface area contributed by atoms with Gasteiger partial charge in [0.1, 0.15) is 5.69 Å². The SMILES string of the molecule is CC(OC(=O)c1ccccn1)C(=O)N1CCCc2ccccc21. The number of hydrogen-bond donors (Lipinski definition) is 0. The number of rotatable bonds is 3. The second kappa shape index (κ2) is 6.60. The number of aromatic nitrogens is 1. The quantitative estimate of drug-likeness (QED) is 0.818. The van der Waals surface area contributed by atoms with Gasteiger partial charge in [-0.25, -0.2) is 9.78 Å². The summed E-state index contributed by atoms with van der Waals surface area (Å²) in [5.74, 6) is -0.793. The van der Waals surface area contributed by atoms with E-state index in [9.17, 15) is 9.59 Å². The van der Waals surface area contributed by atoms with Crippen molar-refractivity contribution in [2.75, 3.05) is 11.4 Å². The first-order chi connectivity index (χ1) is 11.2. The van der Waals surface area contributed by atoms with Gasteiger partial charge in [0.15, 0.2) is 6.10 Å². The summed E-state index contributed by atoms with van der Waals surface area (Å²) in [6.45, 7) is 2.24. The molecule has 1 aliphatic rings. The van der Waals surface area contributed by atoms with Crippen LogP contribution in [0.15, 0.2) is 48.7 Å². The van der Waals surface area contributed by atoms with E-state index in [1.54, 1.807) is 30.0 Å². The Labute approximate surface area is 134 Å². The molecule has 1 unspecified atom stereocenters. The first kappa shape index (κ1) is 15.2. The Kier molecular flexibility index (Phi) is 4.37. The molecule has 1 aromatic heterocycles. The summed E-state index contributed by atoms with van der Waals surface area (Å²) in [4.78, 5) is 30.3. The van der Waals surface area contributed by atoms with E-state index in [4.69, 9.17) is 4.74 Å². The molecule has 3 rings (SSSR count). The number of anilines is 1. The fraction of sp³-hybridized carbons (Fsp3) is 0.278. The van der Waals surface area contributed by atoms with Gasteiger partial charge >= 0.3 is 5.97 Å². The molecule has 5 nitrogen and oxygen atoms in total. The highest BCUT2D eigenvalue weighted by Crippen LogP contribution is 2.27. The minimum absolute atomic E-state index is 0.200. The fourth-order valence-corrected chi connectivity index (χ4v) is 2.74. The molecule has 2 heterocycles. The molecule has 23 heavy (non-hydrogen) atoms. The first-order valence-corrected chi connectivity index (χ1v) is 7.68. The number of pyridine rings is 1. The van der Waals surface area contributed by atoms with Gasteiger partial charge in [-0.15, -0.1) is 0 Å². The Bertz CT molecular complexity index is 715. The maximum atomic E-state index is 12.7. The van der Waals surface area contributed by atoms with Crippen molar-refractivity contribution in [3.05, 3.63) is 59.9 Å². The van der Waals surface area contributed by atoms with Gasteiger partial charge in [-0.2, -0.15) is 0 Å². The van der Waals surface area contributed by atoms with E-state index < -0.39 is 12.1 Å². The highest BCUT2D eigenvalue weighted by atomic mass is 16.5. The fourth-order valence-electron chi connectivity index (χ4n) is 2.74. The van der Waals surface area contributed by atoms with E-state index in [1.807, 2.05) is 24.3 Å². The highest BCUT2D eigenvalue weighted by Gasteiger charge is 2.28. The molecule has 1 amide bonds. The van der Waals surface area contributed by atoms with Crippen molar-refractivity contribution in [3.8, 4) is 0 Å². The Balaban J connectivity index is 1.72. The second-order valence-electron chi connectivity index (χ2n) is 5.48. The number of aryl methyl sites for hydroxylation is 1. The van der Waals surface area contributed by atoms with Crippen LogP contribution in [0.3, 0.4) is 0 Å². The van der Waals surface area contributed by atoms with Gasteiger partial charge in [0.25, 0.3) is 5.91 Å². The molecule has 2 aromatic rings. The van der Waals surface area contributed by atoms with Crippen molar-refractivity contribution < 1.29 is 14.3 Å². The smallest absolute Gasteiger partial charge is 0.357 e. The zero-order valence-electron chi connectivity index (χ0n) is 12.9. The van der Waals surface area contributed by atoms with E-state index in [1.165, 1.54) is 6.20 Å². The highest BCUT2D eigenvalue weighted by molar-refractivity contribution is 5.99. The van der Waals surface area contributed by atoms with Crippen LogP contribution in [-0.2, 0) is 16.0 Å². The number of carbonyl (C=O) groups excluding carboxylic acids is 2. The summed E-state index contributed by atoms with van der Waals surface area (Å²) in [5, 5.41) is 0. The largest absolute Gasteiger partial charge is 0.448 e. The van der Waals surface area contributed by atoms with E-state index >= 15 is 0 Å². The average Bonchev–Trinajstić information content (AvgIpc) is 2.61. The van der Waals surface area contributed by atoms with Gasteiger partial charge in [-0.3, -0.25) is 4.79 Å². The van der Waals surface area contributed by atoms with Crippen molar-refractivity contribution in [3.63, 3.8) is 0 Å². The van der Waals surface area contributed by atoms with Crippen LogP contribution in [0.5, 0.6) is 0 Å². The third-order valence-corrected chi connectivity index (χ3v) is 3.88. The Morgan fingerprint density at radius 1 is 1.17 bits per heavy atom. The Hall–Kier alpha value is -2.69. The lowest BCUT2D eigenvalue weighted by atomic mass is 10.0. The average molecular weight is 310 g/mol. The zero-order chi connectivity index (χ0) is 16.2. The van der Waals surface area contributed by atoms with Gasteiger partial charge < -0.3 is 9.64 Å².